The van der Waals surface area contributed by atoms with Crippen LogP contribution in [-0.2, 0) is 6.54 Å². The SMILES string of the molecule is CC.CC.Cc1cnc2c(NCc3ccccc3)nc(Br)cn12. The van der Waals surface area contributed by atoms with Gasteiger partial charge in [-0.05, 0) is 28.4 Å². The molecule has 0 saturated heterocycles. The predicted molar refractivity (Wildman–Crippen MR) is 102 cm³/mol. The molecule has 0 radical (unpaired) electrons. The summed E-state index contributed by atoms with van der Waals surface area (Å²) in [5.74, 6) is 0.784. The summed E-state index contributed by atoms with van der Waals surface area (Å²) in [7, 11) is 0. The van der Waals surface area contributed by atoms with E-state index in [1.54, 1.807) is 0 Å². The third kappa shape index (κ3) is 5.06. The number of hydrogen-bond acceptors (Lipinski definition) is 3. The van der Waals surface area contributed by atoms with Crippen LogP contribution >= 0.6 is 15.9 Å². The second-order valence-electron chi connectivity index (χ2n) is 4.34. The maximum atomic E-state index is 4.45. The van der Waals surface area contributed by atoms with Crippen LogP contribution in [0.4, 0.5) is 5.82 Å². The van der Waals surface area contributed by atoms with Crippen LogP contribution in [0.5, 0.6) is 0 Å². The number of rotatable bonds is 3. The quantitative estimate of drug-likeness (QED) is 0.659. The molecule has 0 aliphatic carbocycles. The van der Waals surface area contributed by atoms with Crippen LogP contribution in [0, 0.1) is 6.92 Å². The molecule has 0 unspecified atom stereocenters. The Labute approximate surface area is 147 Å². The molecular formula is C18H25BrN4. The van der Waals surface area contributed by atoms with Gasteiger partial charge in [0.1, 0.15) is 4.60 Å². The highest BCUT2D eigenvalue weighted by atomic mass is 79.9. The van der Waals surface area contributed by atoms with Gasteiger partial charge >= 0.3 is 0 Å². The van der Waals surface area contributed by atoms with E-state index in [-0.39, 0.29) is 0 Å². The zero-order chi connectivity index (χ0) is 17.2. The van der Waals surface area contributed by atoms with Crippen LogP contribution in [0.25, 0.3) is 5.65 Å². The fourth-order valence-corrected chi connectivity index (χ4v) is 2.36. The molecule has 1 N–H and O–H groups in total. The standard InChI is InChI=1S/C14H13BrN4.2C2H6/c1-10-7-17-14-13(18-12(15)9-19(10)14)16-8-11-5-3-2-4-6-11;2*1-2/h2-7,9H,8H2,1H3,(H,16,18);2*1-2H3. The van der Waals surface area contributed by atoms with Crippen molar-refractivity contribution in [1.82, 2.24) is 14.4 Å². The molecule has 23 heavy (non-hydrogen) atoms. The van der Waals surface area contributed by atoms with Crippen LogP contribution in [0.1, 0.15) is 39.0 Å². The van der Waals surface area contributed by atoms with Crippen molar-refractivity contribution < 1.29 is 0 Å². The first-order chi connectivity index (χ1) is 11.2. The fraction of sp³-hybridized carbons (Fsp3) is 0.333. The van der Waals surface area contributed by atoms with Crippen molar-refractivity contribution in [2.75, 3.05) is 5.32 Å². The van der Waals surface area contributed by atoms with Gasteiger partial charge in [0.15, 0.2) is 11.5 Å². The lowest BCUT2D eigenvalue weighted by molar-refractivity contribution is 1.03. The number of halogens is 1. The summed E-state index contributed by atoms with van der Waals surface area (Å²) in [6, 6.07) is 10.2. The lowest BCUT2D eigenvalue weighted by Gasteiger charge is -2.08. The Kier molecular flexibility index (Phi) is 8.33. The number of hydrogen-bond donors (Lipinski definition) is 1. The molecule has 0 saturated carbocycles. The maximum absolute atomic E-state index is 4.45. The van der Waals surface area contributed by atoms with Crippen molar-refractivity contribution >= 4 is 27.4 Å². The van der Waals surface area contributed by atoms with Crippen LogP contribution in [0.15, 0.2) is 47.3 Å². The van der Waals surface area contributed by atoms with E-state index in [2.05, 4.69) is 43.3 Å². The molecule has 0 atom stereocenters. The molecule has 3 rings (SSSR count). The Morgan fingerprint density at radius 3 is 2.39 bits per heavy atom. The van der Waals surface area contributed by atoms with E-state index in [1.807, 2.05) is 69.6 Å². The van der Waals surface area contributed by atoms with Crippen LogP contribution in [-0.4, -0.2) is 14.4 Å². The summed E-state index contributed by atoms with van der Waals surface area (Å²) in [4.78, 5) is 8.84. The van der Waals surface area contributed by atoms with Gasteiger partial charge in [-0.2, -0.15) is 0 Å². The van der Waals surface area contributed by atoms with Crippen molar-refractivity contribution in [2.45, 2.75) is 41.2 Å². The number of aromatic nitrogens is 3. The minimum Gasteiger partial charge on any atom is -0.363 e. The highest BCUT2D eigenvalue weighted by Crippen LogP contribution is 2.19. The van der Waals surface area contributed by atoms with E-state index >= 15 is 0 Å². The highest BCUT2D eigenvalue weighted by Gasteiger charge is 2.08. The molecule has 2 heterocycles. The largest absolute Gasteiger partial charge is 0.363 e. The van der Waals surface area contributed by atoms with E-state index in [9.17, 15) is 0 Å². The lowest BCUT2D eigenvalue weighted by atomic mass is 10.2. The molecule has 1 aromatic carbocycles. The van der Waals surface area contributed by atoms with E-state index in [0.717, 1.165) is 28.3 Å². The second kappa shape index (κ2) is 10.0. The molecule has 0 amide bonds. The van der Waals surface area contributed by atoms with Gasteiger partial charge in [-0.25, -0.2) is 9.97 Å². The number of imidazole rings is 1. The Bertz CT molecular complexity index is 708. The Balaban J connectivity index is 0.000000615. The minimum absolute atomic E-state index is 0.728. The zero-order valence-corrected chi connectivity index (χ0v) is 16.1. The topological polar surface area (TPSA) is 42.2 Å². The third-order valence-corrected chi connectivity index (χ3v) is 3.33. The van der Waals surface area contributed by atoms with Gasteiger partial charge in [0.2, 0.25) is 0 Å². The average Bonchev–Trinajstić information content (AvgIpc) is 2.98. The van der Waals surface area contributed by atoms with Gasteiger partial charge in [0.25, 0.3) is 0 Å². The molecule has 0 bridgehead atoms. The van der Waals surface area contributed by atoms with Crippen LogP contribution in [0.2, 0.25) is 0 Å². The minimum atomic E-state index is 0.728. The molecule has 0 aliphatic heterocycles. The number of nitrogens with zero attached hydrogens (tertiary/aromatic N) is 3. The number of benzene rings is 1. The first-order valence-corrected chi connectivity index (χ1v) is 8.81. The number of anilines is 1. The van der Waals surface area contributed by atoms with Crippen LogP contribution in [0.3, 0.4) is 0 Å². The molecule has 3 aromatic rings. The molecule has 4 nitrogen and oxygen atoms in total. The Morgan fingerprint density at radius 1 is 1.09 bits per heavy atom. The smallest absolute Gasteiger partial charge is 0.180 e. The summed E-state index contributed by atoms with van der Waals surface area (Å²) in [5.41, 5.74) is 3.14. The summed E-state index contributed by atoms with van der Waals surface area (Å²) in [6.07, 6.45) is 3.77. The van der Waals surface area contributed by atoms with Crippen molar-refractivity contribution in [3.05, 3.63) is 58.6 Å². The number of aryl methyl sites for hydroxylation is 1. The maximum Gasteiger partial charge on any atom is 0.180 e. The molecule has 2 aromatic heterocycles. The third-order valence-electron chi connectivity index (χ3n) is 2.95. The van der Waals surface area contributed by atoms with E-state index in [1.165, 1.54) is 5.56 Å². The summed E-state index contributed by atoms with van der Waals surface area (Å²) in [5, 5.41) is 3.33. The highest BCUT2D eigenvalue weighted by molar-refractivity contribution is 9.10. The van der Waals surface area contributed by atoms with E-state index < -0.39 is 0 Å². The molecule has 0 aliphatic rings. The Hall–Kier alpha value is -1.88. The lowest BCUT2D eigenvalue weighted by Crippen LogP contribution is -2.04. The molecule has 124 valence electrons. The normalized spacial score (nSPS) is 9.48. The van der Waals surface area contributed by atoms with Gasteiger partial charge < -0.3 is 5.32 Å². The van der Waals surface area contributed by atoms with Gasteiger partial charge in [0, 0.05) is 24.6 Å². The number of nitrogens with one attached hydrogen (secondary N) is 1. The van der Waals surface area contributed by atoms with Gasteiger partial charge in [0.05, 0.1) is 0 Å². The van der Waals surface area contributed by atoms with Gasteiger partial charge in [-0.3, -0.25) is 4.40 Å². The van der Waals surface area contributed by atoms with Crippen LogP contribution < -0.4 is 5.32 Å². The second-order valence-corrected chi connectivity index (χ2v) is 5.16. The first kappa shape index (κ1) is 19.2. The van der Waals surface area contributed by atoms with Gasteiger partial charge in [-0.15, -0.1) is 0 Å². The molecule has 5 heteroatoms. The monoisotopic (exact) mass is 376 g/mol. The zero-order valence-electron chi connectivity index (χ0n) is 14.5. The van der Waals surface area contributed by atoms with E-state index in [4.69, 9.17) is 0 Å². The molecule has 0 fully saturated rings. The molecule has 0 spiro atoms. The van der Waals surface area contributed by atoms with Crippen molar-refractivity contribution in [3.63, 3.8) is 0 Å². The predicted octanol–water partition coefficient (Wildman–Crippen LogP) is 5.46. The van der Waals surface area contributed by atoms with Crippen molar-refractivity contribution in [1.29, 1.82) is 0 Å². The summed E-state index contributed by atoms with van der Waals surface area (Å²) in [6.45, 7) is 10.7. The van der Waals surface area contributed by atoms with E-state index in [0.29, 0.717) is 0 Å². The summed E-state index contributed by atoms with van der Waals surface area (Å²) >= 11 is 3.43. The van der Waals surface area contributed by atoms with Crippen molar-refractivity contribution in [2.24, 2.45) is 0 Å². The number of fused-ring (bicyclic) bond motifs is 1. The van der Waals surface area contributed by atoms with Crippen molar-refractivity contribution in [3.8, 4) is 0 Å². The average molecular weight is 377 g/mol. The van der Waals surface area contributed by atoms with Gasteiger partial charge in [-0.1, -0.05) is 58.0 Å². The Morgan fingerprint density at radius 2 is 1.74 bits per heavy atom. The summed E-state index contributed by atoms with van der Waals surface area (Å²) < 4.78 is 2.81. The fourth-order valence-electron chi connectivity index (χ4n) is 1.98. The first-order valence-electron chi connectivity index (χ1n) is 8.02. The molecular weight excluding hydrogens is 352 g/mol.